The van der Waals surface area contributed by atoms with Crippen LogP contribution in [0.4, 0.5) is 0 Å². The third-order valence-corrected chi connectivity index (χ3v) is 6.57. The van der Waals surface area contributed by atoms with E-state index in [4.69, 9.17) is 9.47 Å². The largest absolute Gasteiger partial charge is 0.385 e. The van der Waals surface area contributed by atoms with Crippen molar-refractivity contribution in [3.05, 3.63) is 84.4 Å². The van der Waals surface area contributed by atoms with Crippen LogP contribution in [0.1, 0.15) is 5.56 Å². The van der Waals surface area contributed by atoms with E-state index < -0.39 is 6.10 Å². The highest BCUT2D eigenvalue weighted by atomic mass is 16.5. The topological polar surface area (TPSA) is 48.1 Å². The second-order valence-corrected chi connectivity index (χ2v) is 9.18. The summed E-state index contributed by atoms with van der Waals surface area (Å²) in [6.45, 7) is 6.27. The fourth-order valence-corrected chi connectivity index (χ4v) is 4.88. The average Bonchev–Trinajstić information content (AvgIpc) is 3.19. The second-order valence-electron chi connectivity index (χ2n) is 9.18. The lowest BCUT2D eigenvalue weighted by atomic mass is 9.98. The zero-order valence-corrected chi connectivity index (χ0v) is 21.0. The summed E-state index contributed by atoms with van der Waals surface area (Å²) in [7, 11) is 3.44. The molecule has 3 aromatic carbocycles. The van der Waals surface area contributed by atoms with Crippen molar-refractivity contribution in [3.8, 4) is 22.4 Å². The van der Waals surface area contributed by atoms with Gasteiger partial charge < -0.3 is 24.0 Å². The maximum absolute atomic E-state index is 11.3. The molecule has 1 aromatic heterocycles. The molecule has 0 unspecified atom stereocenters. The molecule has 0 aliphatic heterocycles. The molecule has 1 heterocycles. The Hall–Kier alpha value is -2.96. The summed E-state index contributed by atoms with van der Waals surface area (Å²) < 4.78 is 12.9. The molecule has 0 spiro atoms. The van der Waals surface area contributed by atoms with Crippen molar-refractivity contribution in [2.75, 3.05) is 47.1 Å². The van der Waals surface area contributed by atoms with E-state index in [-0.39, 0.29) is 0 Å². The van der Waals surface area contributed by atoms with E-state index in [2.05, 4.69) is 84.3 Å². The van der Waals surface area contributed by atoms with Gasteiger partial charge in [-0.2, -0.15) is 0 Å². The molecule has 2 N–H and O–H groups in total. The van der Waals surface area contributed by atoms with Crippen molar-refractivity contribution >= 4 is 10.9 Å². The van der Waals surface area contributed by atoms with Gasteiger partial charge in [-0.15, -0.1) is 0 Å². The molecule has 184 valence electrons. The van der Waals surface area contributed by atoms with Crippen molar-refractivity contribution in [1.29, 1.82) is 0 Å². The van der Waals surface area contributed by atoms with Gasteiger partial charge >= 0.3 is 0 Å². The number of nitrogens with zero attached hydrogens (tertiary/aromatic N) is 1. The zero-order valence-electron chi connectivity index (χ0n) is 21.0. The van der Waals surface area contributed by atoms with Gasteiger partial charge in [0, 0.05) is 30.7 Å². The molecule has 0 saturated heterocycles. The number of rotatable bonds is 12. The second kappa shape index (κ2) is 12.1. The Bertz CT molecular complexity index is 1200. The summed E-state index contributed by atoms with van der Waals surface area (Å²) >= 11 is 0. The quantitative estimate of drug-likeness (QED) is 0.329. The summed E-state index contributed by atoms with van der Waals surface area (Å²) in [5, 5.41) is 12.5. The predicted octanol–water partition coefficient (Wildman–Crippen LogP) is 3.82. The highest BCUT2D eigenvalue weighted by Gasteiger charge is 2.23. The van der Waals surface area contributed by atoms with Gasteiger partial charge in [0.25, 0.3) is 0 Å². The number of hydrogen-bond donors (Lipinski definition) is 2. The zero-order chi connectivity index (χ0) is 24.6. The van der Waals surface area contributed by atoms with E-state index >= 15 is 0 Å². The minimum absolute atomic E-state index is 0.512. The van der Waals surface area contributed by atoms with Crippen molar-refractivity contribution in [3.63, 3.8) is 0 Å². The molecule has 4 aromatic rings. The monoisotopic (exact) mass is 473 g/mol. The number of benzene rings is 3. The van der Waals surface area contributed by atoms with Crippen molar-refractivity contribution in [1.82, 2.24) is 4.57 Å². The Morgan fingerprint density at radius 2 is 1.43 bits per heavy atom. The molecule has 5 nitrogen and oxygen atoms in total. The number of aryl methyl sites for hydroxylation is 1. The highest BCUT2D eigenvalue weighted by molar-refractivity contribution is 6.04. The summed E-state index contributed by atoms with van der Waals surface area (Å²) in [6, 6.07) is 27.7. The molecule has 0 radical (unpaired) electrons. The van der Waals surface area contributed by atoms with Crippen molar-refractivity contribution in [2.24, 2.45) is 0 Å². The van der Waals surface area contributed by atoms with Crippen LogP contribution >= 0.6 is 0 Å². The minimum Gasteiger partial charge on any atom is -0.385 e. The van der Waals surface area contributed by atoms with Gasteiger partial charge in [-0.25, -0.2) is 0 Å². The highest BCUT2D eigenvalue weighted by Crippen LogP contribution is 2.41. The van der Waals surface area contributed by atoms with Crippen LogP contribution in [0.3, 0.4) is 0 Å². The average molecular weight is 474 g/mol. The maximum Gasteiger partial charge on any atom is 0.121 e. The van der Waals surface area contributed by atoms with Gasteiger partial charge in [-0.05, 0) is 30.2 Å². The SMILES string of the molecule is COCC[NH+](CCOC)C[C@H](O)Cn1c(-c2ccccc2)c(-c2ccccc2)c2cc(C)ccc21. The standard InChI is InChI=1S/C30H36N2O3/c1-23-14-15-28-27(20-23)29(24-10-6-4-7-11-24)30(25-12-8-5-9-13-25)32(28)22-26(33)21-31(16-18-34-2)17-19-35-3/h4-15,20,26,33H,16-19,21-22H2,1-3H3/p+1/t26-/m0/s1. The molecular formula is C30H37N2O3+. The first-order chi connectivity index (χ1) is 17.1. The van der Waals surface area contributed by atoms with E-state index in [9.17, 15) is 5.11 Å². The maximum atomic E-state index is 11.3. The van der Waals surface area contributed by atoms with E-state index in [1.807, 2.05) is 6.07 Å². The molecule has 0 saturated carbocycles. The van der Waals surface area contributed by atoms with Crippen molar-refractivity contribution in [2.45, 2.75) is 19.6 Å². The lowest BCUT2D eigenvalue weighted by molar-refractivity contribution is -0.904. The normalized spacial score (nSPS) is 12.5. The van der Waals surface area contributed by atoms with Gasteiger partial charge in [0.2, 0.25) is 0 Å². The molecule has 4 rings (SSSR count). The molecule has 35 heavy (non-hydrogen) atoms. The number of methoxy groups -OCH3 is 2. The Morgan fingerprint density at radius 1 is 0.829 bits per heavy atom. The third kappa shape index (κ3) is 6.00. The lowest BCUT2D eigenvalue weighted by Gasteiger charge is -2.23. The Labute approximate surface area is 208 Å². The van der Waals surface area contributed by atoms with E-state index in [1.54, 1.807) is 14.2 Å². The summed E-state index contributed by atoms with van der Waals surface area (Å²) in [4.78, 5) is 1.28. The predicted molar refractivity (Wildman–Crippen MR) is 143 cm³/mol. The Morgan fingerprint density at radius 3 is 2.03 bits per heavy atom. The summed E-state index contributed by atoms with van der Waals surface area (Å²) in [5.74, 6) is 0. The number of aliphatic hydroxyl groups excluding tert-OH is 1. The van der Waals surface area contributed by atoms with Gasteiger partial charge in [0.05, 0.1) is 25.5 Å². The molecule has 0 amide bonds. The van der Waals surface area contributed by atoms with E-state index in [0.29, 0.717) is 26.3 Å². The van der Waals surface area contributed by atoms with E-state index in [0.717, 1.165) is 29.9 Å². The van der Waals surface area contributed by atoms with Crippen LogP contribution in [-0.4, -0.2) is 62.8 Å². The van der Waals surface area contributed by atoms with Gasteiger partial charge in [-0.1, -0.05) is 72.3 Å². The minimum atomic E-state index is -0.512. The Kier molecular flexibility index (Phi) is 8.72. The van der Waals surface area contributed by atoms with Gasteiger partial charge in [0.1, 0.15) is 25.7 Å². The van der Waals surface area contributed by atoms with Crippen LogP contribution in [0.5, 0.6) is 0 Å². The first-order valence-corrected chi connectivity index (χ1v) is 12.4. The molecular weight excluding hydrogens is 436 g/mol. The molecule has 0 aliphatic rings. The first kappa shape index (κ1) is 25.1. The molecule has 0 bridgehead atoms. The number of quaternary nitrogens is 1. The lowest BCUT2D eigenvalue weighted by Crippen LogP contribution is -3.14. The van der Waals surface area contributed by atoms with Crippen LogP contribution in [0.15, 0.2) is 78.9 Å². The van der Waals surface area contributed by atoms with Crippen molar-refractivity contribution < 1.29 is 19.5 Å². The third-order valence-electron chi connectivity index (χ3n) is 6.57. The van der Waals surface area contributed by atoms with Crippen LogP contribution < -0.4 is 4.90 Å². The fraction of sp³-hybridized carbons (Fsp3) is 0.333. The van der Waals surface area contributed by atoms with Crippen LogP contribution in [0, 0.1) is 6.92 Å². The van der Waals surface area contributed by atoms with E-state index in [1.165, 1.54) is 27.0 Å². The number of hydrogen-bond acceptors (Lipinski definition) is 3. The molecule has 1 atom stereocenters. The number of aromatic nitrogens is 1. The van der Waals surface area contributed by atoms with Gasteiger partial charge in [-0.3, -0.25) is 0 Å². The van der Waals surface area contributed by atoms with Gasteiger partial charge in [0.15, 0.2) is 0 Å². The van der Waals surface area contributed by atoms with Crippen LogP contribution in [-0.2, 0) is 16.0 Å². The Balaban J connectivity index is 1.80. The molecule has 5 heteroatoms. The fourth-order valence-electron chi connectivity index (χ4n) is 4.88. The smallest absolute Gasteiger partial charge is 0.121 e. The summed E-state index contributed by atoms with van der Waals surface area (Å²) in [5.41, 5.74) is 7.06. The van der Waals surface area contributed by atoms with Crippen LogP contribution in [0.25, 0.3) is 33.3 Å². The first-order valence-electron chi connectivity index (χ1n) is 12.4. The molecule has 0 fully saturated rings. The number of nitrogens with one attached hydrogen (secondary N) is 1. The summed E-state index contributed by atoms with van der Waals surface area (Å²) in [6.07, 6.45) is -0.512. The molecule has 0 aliphatic carbocycles. The number of fused-ring (bicyclic) bond motifs is 1. The number of aliphatic hydroxyl groups is 1. The number of ether oxygens (including phenoxy) is 2. The van der Waals surface area contributed by atoms with Crippen LogP contribution in [0.2, 0.25) is 0 Å².